The number of methoxy groups -OCH3 is 1. The molecule has 2 rings (SSSR count). The summed E-state index contributed by atoms with van der Waals surface area (Å²) in [5.74, 6) is 0. The first-order valence-electron chi connectivity index (χ1n) is 7.87. The summed E-state index contributed by atoms with van der Waals surface area (Å²) in [6, 6.07) is 2.10. The third-order valence-corrected chi connectivity index (χ3v) is 4.16. The molecule has 1 aromatic heterocycles. The number of nitrogens with zero attached hydrogens (tertiary/aromatic N) is 2. The molecule has 5 heteroatoms. The van der Waals surface area contributed by atoms with Crippen LogP contribution in [0.5, 0.6) is 0 Å². The number of nitrogens with one attached hydrogen (secondary N) is 1. The van der Waals surface area contributed by atoms with Crippen molar-refractivity contribution >= 4 is 0 Å². The summed E-state index contributed by atoms with van der Waals surface area (Å²) in [6.45, 7) is 10.0. The van der Waals surface area contributed by atoms with Crippen LogP contribution in [0, 0.1) is 0 Å². The molecule has 0 aromatic carbocycles. The Kier molecular flexibility index (Phi) is 5.96. The van der Waals surface area contributed by atoms with Crippen LogP contribution in [0.25, 0.3) is 0 Å². The minimum atomic E-state index is 0.136. The second kappa shape index (κ2) is 7.73. The molecule has 1 N–H and O–H groups in total. The van der Waals surface area contributed by atoms with Gasteiger partial charge in [-0.1, -0.05) is 13.8 Å². The minimum Gasteiger partial charge on any atom is -0.383 e. The molecule has 5 nitrogen and oxygen atoms in total. The fourth-order valence-corrected chi connectivity index (χ4v) is 2.92. The predicted octanol–water partition coefficient (Wildman–Crippen LogP) is 0.982. The maximum atomic E-state index is 12.7. The third-order valence-electron chi connectivity index (χ3n) is 4.16. The number of hydrogen-bond donors (Lipinski definition) is 1. The van der Waals surface area contributed by atoms with Gasteiger partial charge in [0.25, 0.3) is 5.56 Å². The zero-order valence-corrected chi connectivity index (χ0v) is 13.4. The van der Waals surface area contributed by atoms with Crippen molar-refractivity contribution in [1.82, 2.24) is 14.8 Å². The van der Waals surface area contributed by atoms with Crippen LogP contribution >= 0.6 is 0 Å². The van der Waals surface area contributed by atoms with Gasteiger partial charge < -0.3 is 14.6 Å². The summed E-state index contributed by atoms with van der Waals surface area (Å²) in [4.78, 5) is 15.1. The Hall–Kier alpha value is -1.17. The van der Waals surface area contributed by atoms with Gasteiger partial charge in [-0.25, -0.2) is 0 Å². The lowest BCUT2D eigenvalue weighted by atomic mass is 10.0. The summed E-state index contributed by atoms with van der Waals surface area (Å²) >= 11 is 0. The molecule has 0 bridgehead atoms. The van der Waals surface area contributed by atoms with Crippen molar-refractivity contribution in [3.8, 4) is 0 Å². The Bertz CT molecular complexity index is 525. The summed E-state index contributed by atoms with van der Waals surface area (Å²) in [5, 5.41) is 3.26. The van der Waals surface area contributed by atoms with Crippen molar-refractivity contribution in [2.45, 2.75) is 39.9 Å². The summed E-state index contributed by atoms with van der Waals surface area (Å²) < 4.78 is 7.10. The van der Waals surface area contributed by atoms with Crippen molar-refractivity contribution in [3.05, 3.63) is 33.2 Å². The molecule has 0 radical (unpaired) electrons. The standard InChI is InChI=1S/C16H27N3O2/c1-4-17-11-13-10-14-12-18(5-2)7-6-15(14)19(16(13)20)8-9-21-3/h10,17H,4-9,11-12H2,1-3H3. The quantitative estimate of drug-likeness (QED) is 0.814. The van der Waals surface area contributed by atoms with Crippen molar-refractivity contribution in [2.75, 3.05) is 33.4 Å². The molecule has 0 aliphatic carbocycles. The number of hydrogen-bond acceptors (Lipinski definition) is 4. The van der Waals surface area contributed by atoms with Gasteiger partial charge in [-0.05, 0) is 24.7 Å². The Labute approximate surface area is 126 Å². The van der Waals surface area contributed by atoms with E-state index < -0.39 is 0 Å². The normalized spacial score (nSPS) is 15.2. The van der Waals surface area contributed by atoms with Gasteiger partial charge in [0.2, 0.25) is 0 Å². The highest BCUT2D eigenvalue weighted by Crippen LogP contribution is 2.18. The van der Waals surface area contributed by atoms with E-state index in [0.29, 0.717) is 19.7 Å². The van der Waals surface area contributed by atoms with Gasteiger partial charge in [-0.2, -0.15) is 0 Å². The van der Waals surface area contributed by atoms with E-state index in [1.807, 2.05) is 4.57 Å². The summed E-state index contributed by atoms with van der Waals surface area (Å²) in [6.07, 6.45) is 0.948. The largest absolute Gasteiger partial charge is 0.383 e. The third kappa shape index (κ3) is 3.73. The molecular weight excluding hydrogens is 266 g/mol. The molecule has 0 fully saturated rings. The van der Waals surface area contributed by atoms with Crippen molar-refractivity contribution < 1.29 is 4.74 Å². The Balaban J connectivity index is 2.38. The SMILES string of the molecule is CCNCc1cc2c(n(CCOC)c1=O)CCN(CC)C2. The van der Waals surface area contributed by atoms with E-state index in [2.05, 4.69) is 30.1 Å². The molecule has 21 heavy (non-hydrogen) atoms. The lowest BCUT2D eigenvalue weighted by Crippen LogP contribution is -2.38. The number of ether oxygens (including phenoxy) is 1. The highest BCUT2D eigenvalue weighted by Gasteiger charge is 2.20. The Morgan fingerprint density at radius 2 is 2.19 bits per heavy atom. The minimum absolute atomic E-state index is 0.136. The van der Waals surface area contributed by atoms with E-state index in [0.717, 1.165) is 38.2 Å². The average Bonchev–Trinajstić information content (AvgIpc) is 2.51. The van der Waals surface area contributed by atoms with E-state index in [1.165, 1.54) is 11.3 Å². The van der Waals surface area contributed by atoms with Crippen LogP contribution in [0.1, 0.15) is 30.7 Å². The summed E-state index contributed by atoms with van der Waals surface area (Å²) in [7, 11) is 1.68. The molecular formula is C16H27N3O2. The van der Waals surface area contributed by atoms with Crippen LogP contribution < -0.4 is 10.9 Å². The van der Waals surface area contributed by atoms with Crippen LogP contribution in [0.15, 0.2) is 10.9 Å². The van der Waals surface area contributed by atoms with Crippen LogP contribution in [0.2, 0.25) is 0 Å². The first-order chi connectivity index (χ1) is 10.2. The van der Waals surface area contributed by atoms with Gasteiger partial charge in [-0.15, -0.1) is 0 Å². The molecule has 1 aliphatic heterocycles. The molecule has 0 amide bonds. The van der Waals surface area contributed by atoms with Crippen LogP contribution in [0.3, 0.4) is 0 Å². The first kappa shape index (κ1) is 16.2. The zero-order valence-electron chi connectivity index (χ0n) is 13.4. The monoisotopic (exact) mass is 293 g/mol. The van der Waals surface area contributed by atoms with Gasteiger partial charge in [-0.3, -0.25) is 9.69 Å². The molecule has 0 unspecified atom stereocenters. The lowest BCUT2D eigenvalue weighted by Gasteiger charge is -2.30. The van der Waals surface area contributed by atoms with E-state index in [1.54, 1.807) is 7.11 Å². The Morgan fingerprint density at radius 3 is 2.86 bits per heavy atom. The van der Waals surface area contributed by atoms with Gasteiger partial charge in [0.05, 0.1) is 6.61 Å². The smallest absolute Gasteiger partial charge is 0.255 e. The Morgan fingerprint density at radius 1 is 1.38 bits per heavy atom. The molecule has 1 aliphatic rings. The topological polar surface area (TPSA) is 46.5 Å². The highest BCUT2D eigenvalue weighted by molar-refractivity contribution is 5.29. The van der Waals surface area contributed by atoms with Gasteiger partial charge in [0.15, 0.2) is 0 Å². The maximum Gasteiger partial charge on any atom is 0.255 e. The van der Waals surface area contributed by atoms with Crippen LogP contribution in [-0.4, -0.2) is 42.8 Å². The van der Waals surface area contributed by atoms with Gasteiger partial charge >= 0.3 is 0 Å². The van der Waals surface area contributed by atoms with E-state index in [4.69, 9.17) is 4.74 Å². The highest BCUT2D eigenvalue weighted by atomic mass is 16.5. The molecule has 0 atom stereocenters. The number of aromatic nitrogens is 1. The van der Waals surface area contributed by atoms with Crippen molar-refractivity contribution in [3.63, 3.8) is 0 Å². The van der Waals surface area contributed by atoms with E-state index >= 15 is 0 Å². The molecule has 2 heterocycles. The first-order valence-corrected chi connectivity index (χ1v) is 7.87. The lowest BCUT2D eigenvalue weighted by molar-refractivity contribution is 0.183. The van der Waals surface area contributed by atoms with Gasteiger partial charge in [0.1, 0.15) is 0 Å². The molecule has 118 valence electrons. The number of rotatable bonds is 7. The fraction of sp³-hybridized carbons (Fsp3) is 0.688. The average molecular weight is 293 g/mol. The number of fused-ring (bicyclic) bond motifs is 1. The van der Waals surface area contributed by atoms with Crippen LogP contribution in [-0.2, 0) is 30.8 Å². The van der Waals surface area contributed by atoms with Gasteiger partial charge in [0, 0.05) is 51.0 Å². The molecule has 0 saturated heterocycles. The van der Waals surface area contributed by atoms with E-state index in [-0.39, 0.29) is 5.56 Å². The van der Waals surface area contributed by atoms with Crippen molar-refractivity contribution in [2.24, 2.45) is 0 Å². The predicted molar refractivity (Wildman–Crippen MR) is 84.6 cm³/mol. The number of likely N-dealkylation sites (N-methyl/N-ethyl adjacent to an activating group) is 1. The second-order valence-corrected chi connectivity index (χ2v) is 5.49. The number of pyridine rings is 1. The fourth-order valence-electron chi connectivity index (χ4n) is 2.92. The molecule has 1 aromatic rings. The molecule has 0 saturated carbocycles. The van der Waals surface area contributed by atoms with E-state index in [9.17, 15) is 4.79 Å². The van der Waals surface area contributed by atoms with Crippen LogP contribution in [0.4, 0.5) is 0 Å². The molecule has 0 spiro atoms. The zero-order chi connectivity index (χ0) is 15.2. The summed E-state index contributed by atoms with van der Waals surface area (Å²) in [5.41, 5.74) is 3.50. The second-order valence-electron chi connectivity index (χ2n) is 5.49. The maximum absolute atomic E-state index is 12.7. The van der Waals surface area contributed by atoms with Crippen molar-refractivity contribution in [1.29, 1.82) is 0 Å².